The maximum Gasteiger partial charge on any atom is 0.128 e. The lowest BCUT2D eigenvalue weighted by atomic mass is 10.2. The van der Waals surface area contributed by atoms with Crippen LogP contribution in [-0.2, 0) is 7.05 Å². The van der Waals surface area contributed by atoms with E-state index < -0.39 is 6.10 Å². The van der Waals surface area contributed by atoms with Crippen LogP contribution in [-0.4, -0.2) is 14.7 Å². The molecule has 68 valence electrons. The van der Waals surface area contributed by atoms with Crippen LogP contribution in [0.2, 0.25) is 0 Å². The van der Waals surface area contributed by atoms with Gasteiger partial charge >= 0.3 is 0 Å². The van der Waals surface area contributed by atoms with Crippen molar-refractivity contribution in [2.45, 2.75) is 6.10 Å². The molecule has 3 heteroatoms. The maximum atomic E-state index is 9.87. The normalized spacial score (nSPS) is 13.1. The molecule has 0 radical (unpaired) electrons. The largest absolute Gasteiger partial charge is 0.394 e. The Morgan fingerprint density at radius 1 is 1.62 bits per heavy atom. The molecule has 0 fully saturated rings. The number of aliphatic hydroxyl groups excluding tert-OH is 1. The highest BCUT2D eigenvalue weighted by Crippen LogP contribution is 2.19. The van der Waals surface area contributed by atoms with Gasteiger partial charge in [0.15, 0.2) is 0 Å². The number of nitrogens with zero attached hydrogens (tertiary/aromatic N) is 2. The molecule has 1 unspecified atom stereocenters. The minimum Gasteiger partial charge on any atom is -0.394 e. The molecule has 1 atom stereocenters. The van der Waals surface area contributed by atoms with Crippen LogP contribution in [0.15, 0.2) is 36.7 Å². The van der Waals surface area contributed by atoms with E-state index in [1.54, 1.807) is 6.20 Å². The molecule has 0 bridgehead atoms. The van der Waals surface area contributed by atoms with Crippen molar-refractivity contribution >= 4 is 0 Å². The predicted octanol–water partition coefficient (Wildman–Crippen LogP) is 1.22. The Hall–Kier alpha value is -1.48. The van der Waals surface area contributed by atoms with Crippen molar-refractivity contribution in [1.29, 1.82) is 0 Å². The van der Waals surface area contributed by atoms with Crippen LogP contribution in [0.5, 0.6) is 0 Å². The summed E-state index contributed by atoms with van der Waals surface area (Å²) in [6.45, 7) is 0. The fourth-order valence-electron chi connectivity index (χ4n) is 1.36. The van der Waals surface area contributed by atoms with Crippen molar-refractivity contribution in [3.63, 3.8) is 0 Å². The third kappa shape index (κ3) is 1.38. The molecule has 0 spiro atoms. The van der Waals surface area contributed by atoms with Gasteiger partial charge in [-0.2, -0.15) is 23.8 Å². The second-order valence-corrected chi connectivity index (χ2v) is 3.02. The summed E-state index contributed by atoms with van der Waals surface area (Å²) in [5.41, 5.74) is 0.884. The SMILES string of the molecule is Cn1ccnc1C(O)c1cc[cH-]c1. The van der Waals surface area contributed by atoms with Crippen LogP contribution in [0.25, 0.3) is 0 Å². The van der Waals surface area contributed by atoms with Gasteiger partial charge in [0.1, 0.15) is 5.82 Å². The Morgan fingerprint density at radius 2 is 2.46 bits per heavy atom. The molecule has 2 rings (SSSR count). The highest BCUT2D eigenvalue weighted by Gasteiger charge is 2.08. The van der Waals surface area contributed by atoms with Gasteiger partial charge < -0.3 is 9.67 Å². The number of hydrogen-bond acceptors (Lipinski definition) is 2. The van der Waals surface area contributed by atoms with E-state index in [1.165, 1.54) is 0 Å². The fourth-order valence-corrected chi connectivity index (χ4v) is 1.36. The van der Waals surface area contributed by atoms with Crippen LogP contribution in [0.4, 0.5) is 0 Å². The predicted molar refractivity (Wildman–Crippen MR) is 49.3 cm³/mol. The van der Waals surface area contributed by atoms with Gasteiger partial charge in [0, 0.05) is 19.4 Å². The van der Waals surface area contributed by atoms with Crippen LogP contribution < -0.4 is 0 Å². The van der Waals surface area contributed by atoms with E-state index in [-0.39, 0.29) is 0 Å². The molecule has 3 nitrogen and oxygen atoms in total. The van der Waals surface area contributed by atoms with Crippen LogP contribution in [0, 0.1) is 0 Å². The lowest BCUT2D eigenvalue weighted by molar-refractivity contribution is 0.206. The molecule has 0 aliphatic rings. The van der Waals surface area contributed by atoms with E-state index in [0.717, 1.165) is 5.56 Å². The minimum absolute atomic E-state index is 0.616. The summed E-state index contributed by atoms with van der Waals surface area (Å²) in [4.78, 5) is 4.08. The van der Waals surface area contributed by atoms with Crippen molar-refractivity contribution in [1.82, 2.24) is 9.55 Å². The number of imidazole rings is 1. The lowest BCUT2D eigenvalue weighted by Gasteiger charge is -2.13. The third-order valence-electron chi connectivity index (χ3n) is 2.11. The highest BCUT2D eigenvalue weighted by atomic mass is 16.3. The van der Waals surface area contributed by atoms with Crippen molar-refractivity contribution < 1.29 is 5.11 Å². The van der Waals surface area contributed by atoms with Crippen LogP contribution in [0.3, 0.4) is 0 Å². The standard InChI is InChI=1S/C10H11N2O/c1-12-7-6-11-10(12)9(13)8-4-2-3-5-8/h2-7,9,13H,1H3/q-1. The first-order chi connectivity index (χ1) is 6.29. The van der Waals surface area contributed by atoms with Crippen molar-refractivity contribution in [2.24, 2.45) is 7.05 Å². The number of hydrogen-bond donors (Lipinski definition) is 1. The molecule has 13 heavy (non-hydrogen) atoms. The molecule has 0 amide bonds. The number of aliphatic hydroxyl groups is 1. The summed E-state index contributed by atoms with van der Waals surface area (Å²) in [6.07, 6.45) is 2.89. The number of aryl methyl sites for hydroxylation is 1. The lowest BCUT2D eigenvalue weighted by Crippen LogP contribution is -2.05. The zero-order valence-electron chi connectivity index (χ0n) is 7.38. The van der Waals surface area contributed by atoms with Gasteiger partial charge in [-0.1, -0.05) is 0 Å². The average molecular weight is 175 g/mol. The summed E-state index contributed by atoms with van der Waals surface area (Å²) < 4.78 is 1.82. The molecule has 2 aromatic rings. The average Bonchev–Trinajstić information content (AvgIpc) is 2.72. The Balaban J connectivity index is 2.33. The number of aromatic nitrogens is 2. The van der Waals surface area contributed by atoms with Gasteiger partial charge in [-0.3, -0.25) is 0 Å². The van der Waals surface area contributed by atoms with Gasteiger partial charge in [-0.25, -0.2) is 11.1 Å². The van der Waals surface area contributed by atoms with Crippen molar-refractivity contribution in [3.05, 3.63) is 48.0 Å². The smallest absolute Gasteiger partial charge is 0.128 e. The second kappa shape index (κ2) is 3.11. The first-order valence-electron chi connectivity index (χ1n) is 4.16. The molecular weight excluding hydrogens is 164 g/mol. The summed E-state index contributed by atoms with van der Waals surface area (Å²) >= 11 is 0. The molecule has 0 aliphatic heterocycles. The van der Waals surface area contributed by atoms with E-state index >= 15 is 0 Å². The first-order valence-corrected chi connectivity index (χ1v) is 4.16. The fraction of sp³-hybridized carbons (Fsp3) is 0.200. The summed E-state index contributed by atoms with van der Waals surface area (Å²) in [5, 5.41) is 9.87. The van der Waals surface area contributed by atoms with Crippen molar-refractivity contribution in [3.8, 4) is 0 Å². The van der Waals surface area contributed by atoms with E-state index in [1.807, 2.05) is 42.1 Å². The molecule has 0 saturated carbocycles. The quantitative estimate of drug-likeness (QED) is 0.697. The Morgan fingerprint density at radius 3 is 3.00 bits per heavy atom. The van der Waals surface area contributed by atoms with Gasteiger partial charge in [0.2, 0.25) is 0 Å². The van der Waals surface area contributed by atoms with E-state index in [9.17, 15) is 5.11 Å². The van der Waals surface area contributed by atoms with Gasteiger partial charge in [0.05, 0.1) is 6.10 Å². The van der Waals surface area contributed by atoms with Gasteiger partial charge in [-0.05, 0) is 0 Å². The maximum absolute atomic E-state index is 9.87. The molecule has 1 aromatic heterocycles. The zero-order valence-corrected chi connectivity index (χ0v) is 7.38. The second-order valence-electron chi connectivity index (χ2n) is 3.02. The minimum atomic E-state index is -0.616. The molecule has 0 saturated heterocycles. The van der Waals surface area contributed by atoms with E-state index in [4.69, 9.17) is 0 Å². The first kappa shape index (κ1) is 8.13. The van der Waals surface area contributed by atoms with E-state index in [2.05, 4.69) is 4.98 Å². The van der Waals surface area contributed by atoms with Gasteiger partial charge in [-0.15, -0.1) is 0 Å². The molecule has 1 heterocycles. The summed E-state index contributed by atoms with van der Waals surface area (Å²) in [5.74, 6) is 0.672. The molecule has 1 N–H and O–H groups in total. The summed E-state index contributed by atoms with van der Waals surface area (Å²) in [7, 11) is 1.87. The number of rotatable bonds is 2. The van der Waals surface area contributed by atoms with Gasteiger partial charge in [0.25, 0.3) is 0 Å². The van der Waals surface area contributed by atoms with Crippen molar-refractivity contribution in [2.75, 3.05) is 0 Å². The van der Waals surface area contributed by atoms with E-state index in [0.29, 0.717) is 5.82 Å². The zero-order chi connectivity index (χ0) is 9.26. The Kier molecular flexibility index (Phi) is 1.94. The summed E-state index contributed by atoms with van der Waals surface area (Å²) in [6, 6.07) is 7.58. The van der Waals surface area contributed by atoms with Crippen LogP contribution in [0.1, 0.15) is 17.5 Å². The Labute approximate surface area is 76.6 Å². The molecule has 1 aromatic carbocycles. The topological polar surface area (TPSA) is 38.0 Å². The molecular formula is C10H11N2O-. The van der Waals surface area contributed by atoms with Crippen LogP contribution >= 0.6 is 0 Å². The monoisotopic (exact) mass is 175 g/mol. The Bertz CT molecular complexity index is 375. The third-order valence-corrected chi connectivity index (χ3v) is 2.11. The molecule has 0 aliphatic carbocycles. The highest BCUT2D eigenvalue weighted by molar-refractivity contribution is 5.24.